The zero-order valence-electron chi connectivity index (χ0n) is 24.6. The maximum atomic E-state index is 14.9. The average molecular weight is 649 g/mol. The Hall–Kier alpha value is -3.55. The minimum atomic E-state index is -5.07. The van der Waals surface area contributed by atoms with Crippen molar-refractivity contribution in [3.05, 3.63) is 70.8 Å². The molecule has 0 saturated carbocycles. The first kappa shape index (κ1) is 34.9. The van der Waals surface area contributed by atoms with Gasteiger partial charge in [-0.1, -0.05) is 57.2 Å². The van der Waals surface area contributed by atoms with Crippen molar-refractivity contribution in [1.29, 1.82) is 0 Å². The summed E-state index contributed by atoms with van der Waals surface area (Å²) in [7, 11) is -4.16. The molecule has 0 aromatic heterocycles. The highest BCUT2D eigenvalue weighted by Gasteiger charge is 2.60. The zero-order chi connectivity index (χ0) is 33.1. The van der Waals surface area contributed by atoms with E-state index in [1.165, 1.54) is 24.3 Å². The van der Waals surface area contributed by atoms with E-state index in [2.05, 4.69) is 0 Å². The Labute approximate surface area is 252 Å². The van der Waals surface area contributed by atoms with Gasteiger partial charge < -0.3 is 10.1 Å². The summed E-state index contributed by atoms with van der Waals surface area (Å²) in [5.74, 6) is -2.61. The van der Waals surface area contributed by atoms with Gasteiger partial charge in [-0.2, -0.15) is 26.3 Å². The highest BCUT2D eigenvalue weighted by atomic mass is 32.2. The molecule has 14 heteroatoms. The Bertz CT molecular complexity index is 1490. The van der Waals surface area contributed by atoms with Crippen molar-refractivity contribution in [2.45, 2.75) is 76.2 Å². The molecule has 0 aliphatic carbocycles. The Morgan fingerprint density at radius 3 is 2.02 bits per heavy atom. The fourth-order valence-electron chi connectivity index (χ4n) is 4.81. The number of amides is 2. The Kier molecular flexibility index (Phi) is 10.2. The van der Waals surface area contributed by atoms with E-state index in [0.717, 1.165) is 17.7 Å². The van der Waals surface area contributed by atoms with Gasteiger partial charge in [-0.05, 0) is 59.1 Å². The molecule has 1 heterocycles. The van der Waals surface area contributed by atoms with Crippen LogP contribution in [0.4, 0.5) is 26.3 Å². The molecule has 242 valence electrons. The van der Waals surface area contributed by atoms with Crippen molar-refractivity contribution in [3.8, 4) is 5.75 Å². The topological polar surface area (TPSA) is 102 Å². The van der Waals surface area contributed by atoms with Crippen LogP contribution in [0.2, 0.25) is 0 Å². The van der Waals surface area contributed by atoms with Crippen molar-refractivity contribution >= 4 is 27.4 Å². The van der Waals surface area contributed by atoms with E-state index in [-0.39, 0.29) is 47.3 Å². The third-order valence-corrected chi connectivity index (χ3v) is 7.66. The third-order valence-electron chi connectivity index (χ3n) is 7.11. The fraction of sp³-hybridized carbons (Fsp3) is 0.467. The minimum absolute atomic E-state index is 0.0502. The van der Waals surface area contributed by atoms with E-state index in [0.29, 0.717) is 12.7 Å². The van der Waals surface area contributed by atoms with Crippen LogP contribution in [0, 0.1) is 0 Å². The van der Waals surface area contributed by atoms with E-state index in [1.54, 1.807) is 16.9 Å². The van der Waals surface area contributed by atoms with Crippen molar-refractivity contribution < 1.29 is 49.1 Å². The number of alkyl halides is 6. The summed E-state index contributed by atoms with van der Waals surface area (Å²) in [5, 5.41) is 1.93. The number of ether oxygens (including phenoxy) is 1. The number of carbonyl (C=O) groups is 2. The number of carbonyl (C=O) groups excluding carboxylic acids is 2. The number of sulfonamides is 1. The molecule has 0 radical (unpaired) electrons. The molecule has 2 aromatic rings. The summed E-state index contributed by atoms with van der Waals surface area (Å²) >= 11 is 0. The number of benzene rings is 2. The van der Waals surface area contributed by atoms with Gasteiger partial charge in [0.05, 0.1) is 12.9 Å². The lowest BCUT2D eigenvalue weighted by Crippen LogP contribution is -2.59. The van der Waals surface area contributed by atoms with Gasteiger partial charge in [0.2, 0.25) is 10.0 Å². The van der Waals surface area contributed by atoms with Gasteiger partial charge in [-0.3, -0.25) is 9.59 Å². The second-order valence-corrected chi connectivity index (χ2v) is 13.5. The monoisotopic (exact) mass is 648 g/mol. The quantitative estimate of drug-likeness (QED) is 0.179. The van der Waals surface area contributed by atoms with Crippen molar-refractivity contribution in [2.75, 3.05) is 12.9 Å². The van der Waals surface area contributed by atoms with E-state index in [9.17, 15) is 44.3 Å². The maximum Gasteiger partial charge on any atom is 0.416 e. The molecule has 0 fully saturated rings. The predicted octanol–water partition coefficient (Wildman–Crippen LogP) is 6.29. The first-order valence-electron chi connectivity index (χ1n) is 13.7. The van der Waals surface area contributed by atoms with Gasteiger partial charge in [0.15, 0.2) is 5.54 Å². The molecular formula is C30H34F6N2O5S. The van der Waals surface area contributed by atoms with E-state index in [1.807, 2.05) is 26.1 Å². The van der Waals surface area contributed by atoms with Gasteiger partial charge >= 0.3 is 12.4 Å². The molecule has 2 N–H and O–H groups in total. The lowest BCUT2D eigenvalue weighted by Gasteiger charge is -2.41. The molecule has 0 saturated heterocycles. The first-order valence-corrected chi connectivity index (χ1v) is 15.6. The Morgan fingerprint density at radius 1 is 0.932 bits per heavy atom. The molecule has 2 aromatic carbocycles. The van der Waals surface area contributed by atoms with Crippen LogP contribution in [0.25, 0.3) is 5.57 Å². The third kappa shape index (κ3) is 8.76. The summed E-state index contributed by atoms with van der Waals surface area (Å²) in [4.78, 5) is 26.2. The summed E-state index contributed by atoms with van der Waals surface area (Å²) in [6, 6.07) is 11.0. The van der Waals surface area contributed by atoms with E-state index >= 15 is 0 Å². The van der Waals surface area contributed by atoms with Crippen LogP contribution in [-0.4, -0.2) is 45.4 Å². The molecule has 44 heavy (non-hydrogen) atoms. The highest BCUT2D eigenvalue weighted by molar-refractivity contribution is 7.89. The summed E-state index contributed by atoms with van der Waals surface area (Å²) < 4.78 is 112. The number of hydrogen-bond donors (Lipinski definition) is 2. The van der Waals surface area contributed by atoms with Gasteiger partial charge in [0.1, 0.15) is 11.3 Å². The number of rotatable bonds is 10. The van der Waals surface area contributed by atoms with Crippen LogP contribution < -0.4 is 14.8 Å². The maximum absolute atomic E-state index is 14.9. The largest absolute Gasteiger partial charge is 0.494 e. The van der Waals surface area contributed by atoms with E-state index < -0.39 is 58.1 Å². The smallest absolute Gasteiger partial charge is 0.416 e. The molecule has 7 nitrogen and oxygen atoms in total. The molecule has 1 unspecified atom stereocenters. The van der Waals surface area contributed by atoms with Gasteiger partial charge in [-0.15, -0.1) is 0 Å². The lowest BCUT2D eigenvalue weighted by molar-refractivity contribution is -0.201. The van der Waals surface area contributed by atoms with Gasteiger partial charge in [-0.25, -0.2) is 13.1 Å². The predicted molar refractivity (Wildman–Crippen MR) is 152 cm³/mol. The van der Waals surface area contributed by atoms with E-state index in [4.69, 9.17) is 4.74 Å². The Balaban J connectivity index is 1.98. The second-order valence-electron chi connectivity index (χ2n) is 11.7. The number of nitrogens with one attached hydrogen (secondary N) is 2. The fourth-order valence-corrected chi connectivity index (χ4v) is 5.25. The molecule has 3 rings (SSSR count). The van der Waals surface area contributed by atoms with Crippen LogP contribution in [0.3, 0.4) is 0 Å². The molecule has 0 bridgehead atoms. The normalized spacial score (nSPS) is 18.2. The minimum Gasteiger partial charge on any atom is -0.494 e. The van der Waals surface area contributed by atoms with Crippen LogP contribution >= 0.6 is 0 Å². The van der Waals surface area contributed by atoms with Crippen LogP contribution in [0.15, 0.2) is 54.1 Å². The summed E-state index contributed by atoms with van der Waals surface area (Å²) in [6.07, 6.45) is -10.00. The van der Waals surface area contributed by atoms with Crippen LogP contribution in [0.5, 0.6) is 5.75 Å². The second kappa shape index (κ2) is 12.8. The van der Waals surface area contributed by atoms with Crippen LogP contribution in [-0.2, 0) is 30.6 Å². The molecular weight excluding hydrogens is 614 g/mol. The SMILES string of the molecule is CC(C)(C)c1ccc(C2=C(C(=O)NS(C)(=O)=O)C(=O)NC(c3ccc(OCCCCCC(F)(F)F)cc3)(C(F)(F)F)C2)cc1. The number of hydrogen-bond acceptors (Lipinski definition) is 5. The van der Waals surface area contributed by atoms with Crippen LogP contribution in [0.1, 0.15) is 69.6 Å². The van der Waals surface area contributed by atoms with Crippen molar-refractivity contribution in [2.24, 2.45) is 0 Å². The Morgan fingerprint density at radius 2 is 1.52 bits per heavy atom. The molecule has 1 aliphatic heterocycles. The molecule has 1 atom stereocenters. The molecule has 1 aliphatic rings. The average Bonchev–Trinajstić information content (AvgIpc) is 2.87. The molecule has 2 amide bonds. The van der Waals surface area contributed by atoms with Crippen molar-refractivity contribution in [3.63, 3.8) is 0 Å². The zero-order valence-corrected chi connectivity index (χ0v) is 25.4. The number of halogens is 6. The highest BCUT2D eigenvalue weighted by Crippen LogP contribution is 2.48. The van der Waals surface area contributed by atoms with Gasteiger partial charge in [0.25, 0.3) is 11.8 Å². The van der Waals surface area contributed by atoms with Crippen molar-refractivity contribution in [1.82, 2.24) is 10.0 Å². The first-order chi connectivity index (χ1) is 20.1. The lowest BCUT2D eigenvalue weighted by atomic mass is 9.76. The number of unbranched alkanes of at least 4 members (excludes halogenated alkanes) is 2. The molecule has 0 spiro atoms. The van der Waals surface area contributed by atoms with Gasteiger partial charge in [0, 0.05) is 12.8 Å². The summed E-state index contributed by atoms with van der Waals surface area (Å²) in [6.45, 7) is 5.83. The standard InChI is InChI=1S/C30H34F6N2O5S/c1-27(2,3)20-10-8-19(9-11-20)23-18-28(30(34,35)36,37-25(39)24(23)26(40)38-44(4,41)42)21-12-14-22(15-13-21)43-17-7-5-6-16-29(31,32)33/h8-15H,5-7,16-18H2,1-4H3,(H,37,39)(H,38,40). The summed E-state index contributed by atoms with van der Waals surface area (Å²) in [5.41, 5.74) is -3.77.